The van der Waals surface area contributed by atoms with Gasteiger partial charge < -0.3 is 5.11 Å². The Kier molecular flexibility index (Phi) is 3.43. The van der Waals surface area contributed by atoms with Gasteiger partial charge in [-0.2, -0.15) is 4.72 Å². The lowest BCUT2D eigenvalue weighted by Crippen LogP contribution is -2.58. The Morgan fingerprint density at radius 2 is 2.11 bits per heavy atom. The number of aliphatic carboxylic acids is 1. The fourth-order valence-corrected chi connectivity index (χ4v) is 3.67. The first-order valence-electron chi connectivity index (χ1n) is 5.24. The van der Waals surface area contributed by atoms with E-state index in [1.54, 1.807) is 0 Å². The molecule has 0 bridgehead atoms. The minimum Gasteiger partial charge on any atom is -0.480 e. The number of aromatic nitrogens is 1. The second-order valence-corrected chi connectivity index (χ2v) is 6.78. The van der Waals surface area contributed by atoms with E-state index in [0.717, 1.165) is 0 Å². The first-order valence-corrected chi connectivity index (χ1v) is 7.51. The lowest BCUT2D eigenvalue weighted by Gasteiger charge is -2.37. The SMILES string of the molecule is O=C(O)C1(NS(=O)(=O)c2cncc(Br)c2)CCC1. The van der Waals surface area contributed by atoms with E-state index in [4.69, 9.17) is 5.11 Å². The van der Waals surface area contributed by atoms with Crippen LogP contribution >= 0.6 is 15.9 Å². The minimum atomic E-state index is -3.87. The van der Waals surface area contributed by atoms with Gasteiger partial charge in [0.05, 0.1) is 0 Å². The third kappa shape index (κ3) is 2.40. The number of carbonyl (C=O) groups is 1. The van der Waals surface area contributed by atoms with Crippen LogP contribution in [-0.2, 0) is 14.8 Å². The molecule has 0 aromatic carbocycles. The predicted octanol–water partition coefficient (Wildman–Crippen LogP) is 1.13. The van der Waals surface area contributed by atoms with E-state index in [1.807, 2.05) is 0 Å². The Balaban J connectivity index is 2.30. The van der Waals surface area contributed by atoms with Gasteiger partial charge in [-0.3, -0.25) is 9.78 Å². The number of carboxylic acid groups (broad SMARTS) is 1. The average molecular weight is 335 g/mol. The van der Waals surface area contributed by atoms with Crippen LogP contribution in [0.5, 0.6) is 0 Å². The summed E-state index contributed by atoms with van der Waals surface area (Å²) in [7, 11) is -3.87. The number of carboxylic acids is 1. The molecule has 0 atom stereocenters. The Bertz CT molecular complexity index is 583. The third-order valence-corrected chi connectivity index (χ3v) is 4.87. The van der Waals surface area contributed by atoms with Crippen LogP contribution in [0.3, 0.4) is 0 Å². The number of sulfonamides is 1. The molecule has 1 aromatic rings. The second-order valence-electron chi connectivity index (χ2n) is 4.19. The fraction of sp³-hybridized carbons (Fsp3) is 0.400. The highest BCUT2D eigenvalue weighted by Crippen LogP contribution is 2.33. The maximum Gasteiger partial charge on any atom is 0.324 e. The van der Waals surface area contributed by atoms with E-state index < -0.39 is 21.5 Å². The zero-order valence-corrected chi connectivity index (χ0v) is 11.7. The van der Waals surface area contributed by atoms with Gasteiger partial charge >= 0.3 is 5.97 Å². The zero-order chi connectivity index (χ0) is 13.4. The number of nitrogens with one attached hydrogen (secondary N) is 1. The standard InChI is InChI=1S/C10H11BrN2O4S/c11-7-4-8(6-12-5-7)18(16,17)13-10(9(14)15)2-1-3-10/h4-6,13H,1-3H2,(H,14,15). The lowest BCUT2D eigenvalue weighted by atomic mass is 9.78. The Morgan fingerprint density at radius 1 is 1.44 bits per heavy atom. The van der Waals surface area contributed by atoms with Gasteiger partial charge in [0.15, 0.2) is 0 Å². The summed E-state index contributed by atoms with van der Waals surface area (Å²) in [6.07, 6.45) is 3.95. The lowest BCUT2D eigenvalue weighted by molar-refractivity contribution is -0.147. The molecule has 0 amide bonds. The van der Waals surface area contributed by atoms with Crippen molar-refractivity contribution in [1.82, 2.24) is 9.71 Å². The van der Waals surface area contributed by atoms with Crippen molar-refractivity contribution in [3.63, 3.8) is 0 Å². The van der Waals surface area contributed by atoms with Crippen molar-refractivity contribution in [3.8, 4) is 0 Å². The molecule has 1 aliphatic carbocycles. The Morgan fingerprint density at radius 3 is 2.56 bits per heavy atom. The Labute approximate surface area is 113 Å². The summed E-state index contributed by atoms with van der Waals surface area (Å²) in [6.45, 7) is 0. The van der Waals surface area contributed by atoms with Gasteiger partial charge in [0.2, 0.25) is 10.0 Å². The van der Waals surface area contributed by atoms with Gasteiger partial charge in [-0.05, 0) is 41.3 Å². The van der Waals surface area contributed by atoms with Gasteiger partial charge in [-0.1, -0.05) is 0 Å². The van der Waals surface area contributed by atoms with Crippen LogP contribution in [0.1, 0.15) is 19.3 Å². The summed E-state index contributed by atoms with van der Waals surface area (Å²) in [5.74, 6) is -1.14. The van der Waals surface area contributed by atoms with Crippen molar-refractivity contribution in [3.05, 3.63) is 22.9 Å². The van der Waals surface area contributed by atoms with E-state index in [-0.39, 0.29) is 4.90 Å². The molecule has 1 aliphatic rings. The number of hydrogen-bond donors (Lipinski definition) is 2. The molecule has 18 heavy (non-hydrogen) atoms. The molecule has 98 valence electrons. The van der Waals surface area contributed by atoms with Gasteiger partial charge in [0.25, 0.3) is 0 Å². The topological polar surface area (TPSA) is 96.4 Å². The second kappa shape index (κ2) is 4.60. The number of hydrogen-bond acceptors (Lipinski definition) is 4. The van der Waals surface area contributed by atoms with E-state index in [2.05, 4.69) is 25.6 Å². The summed E-state index contributed by atoms with van der Waals surface area (Å²) < 4.78 is 26.9. The molecule has 0 spiro atoms. The maximum absolute atomic E-state index is 12.1. The fourth-order valence-electron chi connectivity index (χ4n) is 1.75. The molecule has 1 saturated carbocycles. The third-order valence-electron chi connectivity index (χ3n) is 2.94. The summed E-state index contributed by atoms with van der Waals surface area (Å²) in [4.78, 5) is 14.8. The van der Waals surface area contributed by atoms with Crippen molar-refractivity contribution in [2.24, 2.45) is 0 Å². The van der Waals surface area contributed by atoms with E-state index in [9.17, 15) is 13.2 Å². The smallest absolute Gasteiger partial charge is 0.324 e. The molecular weight excluding hydrogens is 324 g/mol. The molecule has 0 unspecified atom stereocenters. The molecule has 1 fully saturated rings. The first kappa shape index (κ1) is 13.4. The summed E-state index contributed by atoms with van der Waals surface area (Å²) in [6, 6.07) is 1.38. The van der Waals surface area contributed by atoms with Gasteiger partial charge in [0, 0.05) is 16.9 Å². The highest BCUT2D eigenvalue weighted by molar-refractivity contribution is 9.10. The van der Waals surface area contributed by atoms with E-state index >= 15 is 0 Å². The number of halogens is 1. The van der Waals surface area contributed by atoms with Crippen LogP contribution in [0.25, 0.3) is 0 Å². The van der Waals surface area contributed by atoms with Crippen molar-refractivity contribution in [2.45, 2.75) is 29.7 Å². The van der Waals surface area contributed by atoms with Gasteiger partial charge in [-0.15, -0.1) is 0 Å². The molecule has 8 heteroatoms. The molecule has 1 heterocycles. The molecule has 0 radical (unpaired) electrons. The normalized spacial score (nSPS) is 18.1. The quantitative estimate of drug-likeness (QED) is 0.860. The van der Waals surface area contributed by atoms with Crippen molar-refractivity contribution < 1.29 is 18.3 Å². The summed E-state index contributed by atoms with van der Waals surface area (Å²) in [5, 5.41) is 9.10. The maximum atomic E-state index is 12.1. The number of rotatable bonds is 4. The van der Waals surface area contributed by atoms with Gasteiger partial charge in [0.1, 0.15) is 10.4 Å². The number of nitrogens with zero attached hydrogens (tertiary/aromatic N) is 1. The van der Waals surface area contributed by atoms with E-state index in [1.165, 1.54) is 18.5 Å². The van der Waals surface area contributed by atoms with Crippen LogP contribution in [0.4, 0.5) is 0 Å². The highest BCUT2D eigenvalue weighted by atomic mass is 79.9. The average Bonchev–Trinajstić information content (AvgIpc) is 2.23. The van der Waals surface area contributed by atoms with Crippen LogP contribution < -0.4 is 4.72 Å². The zero-order valence-electron chi connectivity index (χ0n) is 9.26. The highest BCUT2D eigenvalue weighted by Gasteiger charge is 2.47. The molecule has 2 rings (SSSR count). The summed E-state index contributed by atoms with van der Waals surface area (Å²) in [5.41, 5.74) is -1.36. The Hall–Kier alpha value is -0.990. The van der Waals surface area contributed by atoms with Crippen LogP contribution in [0.15, 0.2) is 27.8 Å². The molecule has 0 saturated heterocycles. The minimum absolute atomic E-state index is 0.0515. The molecule has 1 aromatic heterocycles. The summed E-state index contributed by atoms with van der Waals surface area (Å²) >= 11 is 3.12. The molecule has 6 nitrogen and oxygen atoms in total. The number of pyridine rings is 1. The van der Waals surface area contributed by atoms with Crippen LogP contribution in [0.2, 0.25) is 0 Å². The monoisotopic (exact) mass is 334 g/mol. The first-order chi connectivity index (χ1) is 8.36. The van der Waals surface area contributed by atoms with Crippen LogP contribution in [0, 0.1) is 0 Å². The molecule has 2 N–H and O–H groups in total. The van der Waals surface area contributed by atoms with Crippen molar-refractivity contribution in [1.29, 1.82) is 0 Å². The van der Waals surface area contributed by atoms with Crippen molar-refractivity contribution >= 4 is 31.9 Å². The molecule has 0 aliphatic heterocycles. The van der Waals surface area contributed by atoms with Crippen LogP contribution in [-0.4, -0.2) is 30.0 Å². The van der Waals surface area contributed by atoms with Crippen molar-refractivity contribution in [2.75, 3.05) is 0 Å². The van der Waals surface area contributed by atoms with Gasteiger partial charge in [-0.25, -0.2) is 8.42 Å². The predicted molar refractivity (Wildman–Crippen MR) is 66.5 cm³/mol. The molecular formula is C10H11BrN2O4S. The largest absolute Gasteiger partial charge is 0.480 e. The van der Waals surface area contributed by atoms with E-state index in [0.29, 0.717) is 23.7 Å².